The van der Waals surface area contributed by atoms with Crippen molar-refractivity contribution in [1.82, 2.24) is 4.98 Å². The van der Waals surface area contributed by atoms with Gasteiger partial charge in [0, 0.05) is 12.7 Å². The smallest absolute Gasteiger partial charge is 0.257 e. The van der Waals surface area contributed by atoms with E-state index in [4.69, 9.17) is 11.6 Å². The number of pyridine rings is 1. The highest BCUT2D eigenvalue weighted by Gasteiger charge is 2.08. The van der Waals surface area contributed by atoms with Crippen molar-refractivity contribution in [3.8, 4) is 0 Å². The molecule has 126 valence electrons. The molecule has 2 aromatic carbocycles. The normalized spacial score (nSPS) is 10.3. The highest BCUT2D eigenvalue weighted by Crippen LogP contribution is 2.21. The molecule has 4 nitrogen and oxygen atoms in total. The molecule has 0 spiro atoms. The number of nitrogens with one attached hydrogen (secondary N) is 2. The summed E-state index contributed by atoms with van der Waals surface area (Å²) in [5.41, 5.74) is 3.49. The summed E-state index contributed by atoms with van der Waals surface area (Å²) in [6.07, 6.45) is 1.55. The summed E-state index contributed by atoms with van der Waals surface area (Å²) in [7, 11) is 0. The zero-order valence-corrected chi connectivity index (χ0v) is 14.5. The van der Waals surface area contributed by atoms with E-state index in [1.165, 1.54) is 11.1 Å². The number of aryl methyl sites for hydroxylation is 1. The van der Waals surface area contributed by atoms with Gasteiger partial charge in [0.15, 0.2) is 0 Å². The minimum atomic E-state index is -0.244. The lowest BCUT2D eigenvalue weighted by molar-refractivity contribution is 0.102. The zero-order chi connectivity index (χ0) is 17.6. The van der Waals surface area contributed by atoms with Crippen LogP contribution in [-0.4, -0.2) is 10.9 Å². The molecule has 1 amide bonds. The lowest BCUT2D eigenvalue weighted by Crippen LogP contribution is -2.13. The van der Waals surface area contributed by atoms with Gasteiger partial charge in [-0.15, -0.1) is 0 Å². The fourth-order valence-corrected chi connectivity index (χ4v) is 2.57. The summed E-state index contributed by atoms with van der Waals surface area (Å²) in [5, 5.41) is 6.54. The molecule has 3 aromatic rings. The maximum Gasteiger partial charge on any atom is 0.257 e. The second-order valence-corrected chi connectivity index (χ2v) is 6.05. The van der Waals surface area contributed by atoms with Gasteiger partial charge >= 0.3 is 0 Å². The summed E-state index contributed by atoms with van der Waals surface area (Å²) in [4.78, 5) is 16.6. The number of halogens is 1. The quantitative estimate of drug-likeness (QED) is 0.686. The predicted octanol–water partition coefficient (Wildman–Crippen LogP) is 4.91. The molecule has 0 unspecified atom stereocenters. The van der Waals surface area contributed by atoms with Gasteiger partial charge in [0.1, 0.15) is 5.82 Å². The van der Waals surface area contributed by atoms with Crippen molar-refractivity contribution in [2.75, 3.05) is 10.6 Å². The van der Waals surface area contributed by atoms with Crippen molar-refractivity contribution in [2.24, 2.45) is 0 Å². The number of amides is 1. The molecule has 0 fully saturated rings. The Morgan fingerprint density at radius 2 is 1.80 bits per heavy atom. The first kappa shape index (κ1) is 17.0. The van der Waals surface area contributed by atoms with Crippen molar-refractivity contribution in [3.63, 3.8) is 0 Å². The molecule has 5 heteroatoms. The van der Waals surface area contributed by atoms with Crippen LogP contribution in [0.1, 0.15) is 21.5 Å². The first-order chi connectivity index (χ1) is 12.1. The van der Waals surface area contributed by atoms with E-state index >= 15 is 0 Å². The number of carbonyl (C=O) groups is 1. The molecule has 0 aliphatic carbocycles. The number of anilines is 2. The Balaban J connectivity index is 1.63. The van der Waals surface area contributed by atoms with Crippen LogP contribution in [0.4, 0.5) is 11.5 Å². The van der Waals surface area contributed by atoms with Gasteiger partial charge < -0.3 is 10.6 Å². The first-order valence-corrected chi connectivity index (χ1v) is 8.31. The van der Waals surface area contributed by atoms with Gasteiger partial charge in [0.2, 0.25) is 0 Å². The number of benzene rings is 2. The Hall–Kier alpha value is -2.85. The van der Waals surface area contributed by atoms with Crippen LogP contribution in [0.5, 0.6) is 0 Å². The molecule has 0 saturated carbocycles. The largest absolute Gasteiger partial charge is 0.366 e. The number of rotatable bonds is 5. The molecular weight excluding hydrogens is 334 g/mol. The van der Waals surface area contributed by atoms with Crippen molar-refractivity contribution < 1.29 is 4.79 Å². The molecule has 0 bridgehead atoms. The maximum atomic E-state index is 12.3. The predicted molar refractivity (Wildman–Crippen MR) is 102 cm³/mol. The Bertz CT molecular complexity index is 878. The summed E-state index contributed by atoms with van der Waals surface area (Å²) in [6.45, 7) is 2.76. The summed E-state index contributed by atoms with van der Waals surface area (Å²) >= 11 is 6.05. The maximum absolute atomic E-state index is 12.3. The minimum absolute atomic E-state index is 0.244. The van der Waals surface area contributed by atoms with Gasteiger partial charge in [-0.2, -0.15) is 0 Å². The van der Waals surface area contributed by atoms with E-state index in [0.717, 1.165) is 5.82 Å². The molecule has 2 N–H and O–H groups in total. The molecule has 0 radical (unpaired) electrons. The van der Waals surface area contributed by atoms with Crippen molar-refractivity contribution >= 4 is 29.0 Å². The third-order valence-electron chi connectivity index (χ3n) is 3.87. The molecule has 0 saturated heterocycles. The minimum Gasteiger partial charge on any atom is -0.366 e. The molecule has 25 heavy (non-hydrogen) atoms. The Morgan fingerprint density at radius 1 is 1.04 bits per heavy atom. The highest BCUT2D eigenvalue weighted by atomic mass is 35.5. The number of aromatic nitrogens is 1. The first-order valence-electron chi connectivity index (χ1n) is 7.94. The molecule has 0 atom stereocenters. The van der Waals surface area contributed by atoms with Gasteiger partial charge in [-0.05, 0) is 42.3 Å². The lowest BCUT2D eigenvalue weighted by atomic mass is 10.1. The molecule has 3 rings (SSSR count). The van der Waals surface area contributed by atoms with Crippen molar-refractivity contribution in [1.29, 1.82) is 0 Å². The fourth-order valence-electron chi connectivity index (χ4n) is 2.38. The van der Waals surface area contributed by atoms with Crippen LogP contribution in [0.15, 0.2) is 66.9 Å². The average molecular weight is 352 g/mol. The number of carbonyl (C=O) groups excluding carboxylic acids is 1. The van der Waals surface area contributed by atoms with Gasteiger partial charge in [0.25, 0.3) is 5.91 Å². The second-order valence-electron chi connectivity index (χ2n) is 5.65. The number of hydrogen-bond acceptors (Lipinski definition) is 3. The average Bonchev–Trinajstić information content (AvgIpc) is 2.63. The lowest BCUT2D eigenvalue weighted by Gasteiger charge is -2.09. The highest BCUT2D eigenvalue weighted by molar-refractivity contribution is 6.33. The van der Waals surface area contributed by atoms with Gasteiger partial charge in [-0.25, -0.2) is 4.98 Å². The number of hydrogen-bond donors (Lipinski definition) is 2. The van der Waals surface area contributed by atoms with E-state index in [2.05, 4.69) is 34.7 Å². The Kier molecular flexibility index (Phi) is 5.31. The van der Waals surface area contributed by atoms with E-state index in [9.17, 15) is 4.79 Å². The monoisotopic (exact) mass is 351 g/mol. The van der Waals surface area contributed by atoms with Crippen molar-refractivity contribution in [3.05, 3.63) is 88.6 Å². The molecule has 1 heterocycles. The molecular formula is C20H18ClN3O. The van der Waals surface area contributed by atoms with Gasteiger partial charge in [-0.3, -0.25) is 4.79 Å². The standard InChI is InChI=1S/C20H18ClN3O/c1-14-6-2-3-7-15(14)12-22-19-11-10-16(13-23-19)20(25)24-18-9-5-4-8-17(18)21/h2-11,13H,12H2,1H3,(H,22,23)(H,24,25). The topological polar surface area (TPSA) is 54.0 Å². The summed E-state index contributed by atoms with van der Waals surface area (Å²) in [5.74, 6) is 0.476. The van der Waals surface area contributed by atoms with Gasteiger partial charge in [-0.1, -0.05) is 48.0 Å². The van der Waals surface area contributed by atoms with E-state index in [-0.39, 0.29) is 5.91 Å². The molecule has 1 aromatic heterocycles. The van der Waals surface area contributed by atoms with Crippen molar-refractivity contribution in [2.45, 2.75) is 13.5 Å². The third-order valence-corrected chi connectivity index (χ3v) is 4.20. The van der Waals surface area contributed by atoms with E-state index in [1.807, 2.05) is 24.3 Å². The molecule has 0 aliphatic rings. The van der Waals surface area contributed by atoms with Gasteiger partial charge in [0.05, 0.1) is 16.3 Å². The SMILES string of the molecule is Cc1ccccc1CNc1ccc(C(=O)Nc2ccccc2Cl)cn1. The number of nitrogens with zero attached hydrogens (tertiary/aromatic N) is 1. The fraction of sp³-hybridized carbons (Fsp3) is 0.100. The Morgan fingerprint density at radius 3 is 2.52 bits per heavy atom. The summed E-state index contributed by atoms with van der Waals surface area (Å²) in [6, 6.07) is 18.8. The number of para-hydroxylation sites is 1. The van der Waals surface area contributed by atoms with Crippen LogP contribution in [-0.2, 0) is 6.54 Å². The Labute approximate surface area is 151 Å². The van der Waals surface area contributed by atoms with Crippen LogP contribution in [0.25, 0.3) is 0 Å². The zero-order valence-electron chi connectivity index (χ0n) is 13.8. The van der Waals surface area contributed by atoms with Crippen LogP contribution in [0.2, 0.25) is 5.02 Å². The van der Waals surface area contributed by atoms with Crippen LogP contribution in [0.3, 0.4) is 0 Å². The van der Waals surface area contributed by atoms with E-state index in [0.29, 0.717) is 22.8 Å². The van der Waals surface area contributed by atoms with E-state index < -0.39 is 0 Å². The second kappa shape index (κ2) is 7.81. The van der Waals surface area contributed by atoms with Crippen LogP contribution < -0.4 is 10.6 Å². The van der Waals surface area contributed by atoms with Crippen LogP contribution in [0, 0.1) is 6.92 Å². The van der Waals surface area contributed by atoms with E-state index in [1.54, 1.807) is 30.5 Å². The van der Waals surface area contributed by atoms with Crippen LogP contribution >= 0.6 is 11.6 Å². The molecule has 0 aliphatic heterocycles. The summed E-state index contributed by atoms with van der Waals surface area (Å²) < 4.78 is 0. The third kappa shape index (κ3) is 4.37.